The first-order valence-corrected chi connectivity index (χ1v) is 13.3. The number of hydrogen-bond acceptors (Lipinski definition) is 5. The maximum atomic E-state index is 13.4. The van der Waals surface area contributed by atoms with Crippen LogP contribution in [0.3, 0.4) is 0 Å². The summed E-state index contributed by atoms with van der Waals surface area (Å²) in [6.07, 6.45) is 4.54. The summed E-state index contributed by atoms with van der Waals surface area (Å²) in [7, 11) is -3.78. The molecule has 0 spiro atoms. The molecule has 2 aliphatic carbocycles. The van der Waals surface area contributed by atoms with Crippen LogP contribution < -0.4 is 0 Å². The number of halogens is 3. The van der Waals surface area contributed by atoms with E-state index in [1.165, 1.54) is 35.7 Å². The van der Waals surface area contributed by atoms with Crippen LogP contribution in [0, 0.1) is 0 Å². The van der Waals surface area contributed by atoms with Crippen LogP contribution in [-0.2, 0) is 16.2 Å². The molecule has 1 aromatic rings. The maximum Gasteiger partial charge on any atom is 0.416 e. The Hall–Kier alpha value is -2.33. The number of sulfonamides is 1. The van der Waals surface area contributed by atoms with Gasteiger partial charge in [-0.15, -0.1) is 0 Å². The van der Waals surface area contributed by atoms with E-state index >= 15 is 0 Å². The lowest BCUT2D eigenvalue weighted by Gasteiger charge is -2.44. The normalized spacial score (nSPS) is 24.7. The SMILES string of the molecule is O=S(=O)(C1=CCC(c2cccc(C(F)(F)F)c2)C=C1)N1CCN=C1N1CCN(C2CCC2)CC1. The molecule has 0 bridgehead atoms. The van der Waals surface area contributed by atoms with Crippen molar-refractivity contribution in [3.63, 3.8) is 0 Å². The average molecular weight is 495 g/mol. The van der Waals surface area contributed by atoms with Crippen molar-refractivity contribution in [2.24, 2.45) is 4.99 Å². The van der Waals surface area contributed by atoms with Crippen LogP contribution in [0.25, 0.3) is 0 Å². The maximum absolute atomic E-state index is 13.4. The zero-order valence-corrected chi connectivity index (χ0v) is 19.7. The van der Waals surface area contributed by atoms with Gasteiger partial charge in [0.05, 0.1) is 23.6 Å². The van der Waals surface area contributed by atoms with Gasteiger partial charge in [-0.2, -0.15) is 13.2 Å². The van der Waals surface area contributed by atoms with E-state index in [-0.39, 0.29) is 10.8 Å². The number of allylic oxidation sites excluding steroid dienone is 3. The van der Waals surface area contributed by atoms with E-state index in [0.29, 0.717) is 37.1 Å². The molecule has 2 heterocycles. The van der Waals surface area contributed by atoms with Crippen molar-refractivity contribution in [1.82, 2.24) is 14.1 Å². The van der Waals surface area contributed by atoms with Gasteiger partial charge in [0.2, 0.25) is 5.96 Å². The van der Waals surface area contributed by atoms with E-state index in [1.807, 2.05) is 0 Å². The second kappa shape index (κ2) is 9.03. The van der Waals surface area contributed by atoms with Crippen molar-refractivity contribution >= 4 is 16.0 Å². The molecular formula is C24H29F3N4O2S. The second-order valence-corrected chi connectivity index (χ2v) is 11.2. The molecule has 0 N–H and O–H groups in total. The highest BCUT2D eigenvalue weighted by Gasteiger charge is 2.37. The third kappa shape index (κ3) is 4.49. The van der Waals surface area contributed by atoms with E-state index in [2.05, 4.69) is 14.8 Å². The van der Waals surface area contributed by atoms with Crippen LogP contribution in [-0.4, -0.2) is 73.8 Å². The van der Waals surface area contributed by atoms with Gasteiger partial charge in [0.25, 0.3) is 10.0 Å². The molecule has 34 heavy (non-hydrogen) atoms. The molecule has 0 amide bonds. The van der Waals surface area contributed by atoms with Crippen LogP contribution in [0.1, 0.15) is 42.7 Å². The fraction of sp³-hybridized carbons (Fsp3) is 0.542. The van der Waals surface area contributed by atoms with Crippen LogP contribution in [0.5, 0.6) is 0 Å². The predicted molar refractivity (Wildman–Crippen MR) is 125 cm³/mol. The summed E-state index contributed by atoms with van der Waals surface area (Å²) in [5.41, 5.74) is -0.178. The Morgan fingerprint density at radius 3 is 2.41 bits per heavy atom. The smallest absolute Gasteiger partial charge is 0.339 e. The van der Waals surface area contributed by atoms with Gasteiger partial charge in [0.15, 0.2) is 0 Å². The minimum atomic E-state index is -4.41. The molecule has 2 aliphatic heterocycles. The molecule has 1 saturated heterocycles. The highest BCUT2D eigenvalue weighted by molar-refractivity contribution is 7.93. The highest BCUT2D eigenvalue weighted by Crippen LogP contribution is 2.35. The van der Waals surface area contributed by atoms with E-state index in [0.717, 1.165) is 38.3 Å². The quantitative estimate of drug-likeness (QED) is 0.639. The van der Waals surface area contributed by atoms with E-state index < -0.39 is 21.8 Å². The number of nitrogens with zero attached hydrogens (tertiary/aromatic N) is 4. The summed E-state index contributed by atoms with van der Waals surface area (Å²) in [5, 5.41) is 0. The topological polar surface area (TPSA) is 56.2 Å². The molecule has 2 fully saturated rings. The number of aliphatic imine (C=N–C) groups is 1. The van der Waals surface area contributed by atoms with Gasteiger partial charge in [-0.3, -0.25) is 9.89 Å². The van der Waals surface area contributed by atoms with Gasteiger partial charge >= 0.3 is 6.18 Å². The number of piperazine rings is 1. The summed E-state index contributed by atoms with van der Waals surface area (Å²) in [6.45, 7) is 4.09. The largest absolute Gasteiger partial charge is 0.416 e. The highest BCUT2D eigenvalue weighted by atomic mass is 32.2. The first kappa shape index (κ1) is 23.4. The summed E-state index contributed by atoms with van der Waals surface area (Å²) in [6, 6.07) is 5.89. The third-order valence-electron chi connectivity index (χ3n) is 7.26. The molecule has 0 aromatic heterocycles. The van der Waals surface area contributed by atoms with Gasteiger partial charge in [0.1, 0.15) is 0 Å². The number of rotatable bonds is 4. The summed E-state index contributed by atoms with van der Waals surface area (Å²) >= 11 is 0. The zero-order chi connectivity index (χ0) is 23.9. The number of benzene rings is 1. The Labute approximate surface area is 198 Å². The molecule has 6 nitrogen and oxygen atoms in total. The molecule has 0 radical (unpaired) electrons. The molecule has 5 rings (SSSR count). The monoisotopic (exact) mass is 494 g/mol. The first-order valence-electron chi connectivity index (χ1n) is 11.9. The minimum absolute atomic E-state index is 0.179. The zero-order valence-electron chi connectivity index (χ0n) is 18.9. The van der Waals surface area contributed by atoms with E-state index in [4.69, 9.17) is 0 Å². The molecule has 1 aromatic carbocycles. The van der Waals surface area contributed by atoms with Crippen molar-refractivity contribution in [3.05, 3.63) is 58.5 Å². The van der Waals surface area contributed by atoms with Gasteiger partial charge in [-0.1, -0.05) is 36.8 Å². The van der Waals surface area contributed by atoms with Crippen molar-refractivity contribution < 1.29 is 21.6 Å². The Morgan fingerprint density at radius 2 is 1.79 bits per heavy atom. The van der Waals surface area contributed by atoms with Gasteiger partial charge in [-0.05, 0) is 37.0 Å². The van der Waals surface area contributed by atoms with Gasteiger partial charge in [-0.25, -0.2) is 12.7 Å². The number of alkyl halides is 3. The molecule has 184 valence electrons. The average Bonchev–Trinajstić information content (AvgIpc) is 3.29. The fourth-order valence-corrected chi connectivity index (χ4v) is 6.58. The minimum Gasteiger partial charge on any atom is -0.339 e. The van der Waals surface area contributed by atoms with Gasteiger partial charge in [0, 0.05) is 38.1 Å². The summed E-state index contributed by atoms with van der Waals surface area (Å²) < 4.78 is 67.5. The Kier molecular flexibility index (Phi) is 6.22. The van der Waals surface area contributed by atoms with Crippen molar-refractivity contribution in [1.29, 1.82) is 0 Å². The molecule has 1 saturated carbocycles. The lowest BCUT2D eigenvalue weighted by molar-refractivity contribution is -0.137. The second-order valence-electron chi connectivity index (χ2n) is 9.30. The van der Waals surface area contributed by atoms with Gasteiger partial charge < -0.3 is 4.90 Å². The van der Waals surface area contributed by atoms with Crippen LogP contribution in [0.2, 0.25) is 0 Å². The Balaban J connectivity index is 1.26. The number of hydrogen-bond donors (Lipinski definition) is 0. The van der Waals surface area contributed by atoms with Crippen molar-refractivity contribution in [2.45, 2.75) is 43.8 Å². The fourth-order valence-electron chi connectivity index (χ4n) is 5.06. The van der Waals surface area contributed by atoms with Crippen LogP contribution in [0.15, 0.2) is 52.4 Å². The Morgan fingerprint density at radius 1 is 1.03 bits per heavy atom. The van der Waals surface area contributed by atoms with Crippen LogP contribution in [0.4, 0.5) is 13.2 Å². The number of guanidine groups is 1. The summed E-state index contributed by atoms with van der Waals surface area (Å²) in [4.78, 5) is 9.26. The summed E-state index contributed by atoms with van der Waals surface area (Å²) in [5.74, 6) is 0.218. The van der Waals surface area contributed by atoms with E-state index in [9.17, 15) is 21.6 Å². The van der Waals surface area contributed by atoms with E-state index in [1.54, 1.807) is 18.2 Å². The standard InChI is InChI=1S/C24H29F3N4O2S/c25-24(26,27)20-4-1-3-19(17-20)18-7-9-22(10-8-18)34(32,33)31-12-11-28-23(31)30-15-13-29(14-16-30)21-5-2-6-21/h1,3-4,7,9-10,17-18,21H,2,5-6,8,11-16H2. The lowest BCUT2D eigenvalue weighted by Crippen LogP contribution is -2.56. The first-order chi connectivity index (χ1) is 16.2. The molecule has 1 unspecified atom stereocenters. The molecule has 1 atom stereocenters. The Bertz CT molecular complexity index is 1120. The third-order valence-corrected chi connectivity index (χ3v) is 9.09. The molecular weight excluding hydrogens is 465 g/mol. The molecule has 10 heteroatoms. The van der Waals surface area contributed by atoms with Crippen molar-refractivity contribution in [3.8, 4) is 0 Å². The lowest BCUT2D eigenvalue weighted by atomic mass is 9.91. The van der Waals surface area contributed by atoms with Crippen LogP contribution >= 0.6 is 0 Å². The predicted octanol–water partition coefficient (Wildman–Crippen LogP) is 3.80. The van der Waals surface area contributed by atoms with Crippen molar-refractivity contribution in [2.75, 3.05) is 39.3 Å². The molecule has 4 aliphatic rings.